The van der Waals surface area contributed by atoms with Gasteiger partial charge in [0.05, 0.1) is 20.1 Å². The molecule has 2 aromatic carbocycles. The summed E-state index contributed by atoms with van der Waals surface area (Å²) in [5, 5.41) is 0. The molecule has 1 heterocycles. The first-order valence-corrected chi connectivity index (χ1v) is 9.43. The lowest BCUT2D eigenvalue weighted by Crippen LogP contribution is -2.09. The lowest BCUT2D eigenvalue weighted by Gasteiger charge is -2.17. The number of halogens is 3. The Bertz CT molecular complexity index is 915. The van der Waals surface area contributed by atoms with Gasteiger partial charge in [0.15, 0.2) is 11.6 Å². The van der Waals surface area contributed by atoms with Crippen LogP contribution in [0.1, 0.15) is 41.6 Å². The molecule has 0 amide bonds. The Morgan fingerprint density at radius 1 is 1.33 bits per heavy atom. The summed E-state index contributed by atoms with van der Waals surface area (Å²) in [5.74, 6) is -0.936. The van der Waals surface area contributed by atoms with E-state index in [1.54, 1.807) is 12.1 Å². The summed E-state index contributed by atoms with van der Waals surface area (Å²) >= 11 is 3.30. The summed E-state index contributed by atoms with van der Waals surface area (Å²) in [7, 11) is 1.36. The predicted octanol–water partition coefficient (Wildman–Crippen LogP) is 4.83. The zero-order valence-electron chi connectivity index (χ0n) is 14.6. The molecule has 1 unspecified atom stereocenters. The minimum Gasteiger partial charge on any atom is -0.492 e. The van der Waals surface area contributed by atoms with Crippen LogP contribution in [0.4, 0.5) is 8.78 Å². The Labute approximate surface area is 163 Å². The zero-order valence-corrected chi connectivity index (χ0v) is 16.1. The minimum atomic E-state index is -0.890. The van der Waals surface area contributed by atoms with Crippen molar-refractivity contribution in [3.8, 4) is 11.5 Å². The van der Waals surface area contributed by atoms with Gasteiger partial charge in [0.25, 0.3) is 0 Å². The van der Waals surface area contributed by atoms with Gasteiger partial charge in [0.2, 0.25) is 0 Å². The summed E-state index contributed by atoms with van der Waals surface area (Å²) in [6, 6.07) is 6.50. The van der Waals surface area contributed by atoms with E-state index in [1.807, 2.05) is 6.07 Å². The van der Waals surface area contributed by atoms with Gasteiger partial charge in [0.1, 0.15) is 17.6 Å². The lowest BCUT2D eigenvalue weighted by molar-refractivity contribution is -0.141. The van der Waals surface area contributed by atoms with Crippen molar-refractivity contribution >= 4 is 21.9 Å². The fourth-order valence-electron chi connectivity index (χ4n) is 3.73. The molecule has 0 radical (unpaired) electrons. The van der Waals surface area contributed by atoms with Crippen molar-refractivity contribution in [1.82, 2.24) is 0 Å². The molecule has 2 aliphatic rings. The van der Waals surface area contributed by atoms with E-state index >= 15 is 0 Å². The number of esters is 1. The first-order chi connectivity index (χ1) is 13.0. The Balaban J connectivity index is 1.56. The van der Waals surface area contributed by atoms with Crippen LogP contribution in [0.2, 0.25) is 0 Å². The van der Waals surface area contributed by atoms with Gasteiger partial charge in [-0.2, -0.15) is 0 Å². The van der Waals surface area contributed by atoms with Crippen LogP contribution in [0.5, 0.6) is 11.5 Å². The van der Waals surface area contributed by atoms with Crippen molar-refractivity contribution in [1.29, 1.82) is 0 Å². The summed E-state index contributed by atoms with van der Waals surface area (Å²) in [4.78, 5) is 11.5. The monoisotopic (exact) mass is 438 g/mol. The Kier molecular flexibility index (Phi) is 4.80. The van der Waals surface area contributed by atoms with Crippen LogP contribution in [-0.4, -0.2) is 19.7 Å². The highest BCUT2D eigenvalue weighted by Crippen LogP contribution is 2.43. The normalized spacial score (nSPS) is 20.0. The second-order valence-corrected chi connectivity index (χ2v) is 7.53. The number of hydrogen-bond acceptors (Lipinski definition) is 4. The molecule has 4 rings (SSSR count). The molecule has 0 fully saturated rings. The molecule has 2 atom stereocenters. The third kappa shape index (κ3) is 3.29. The van der Waals surface area contributed by atoms with Gasteiger partial charge in [-0.3, -0.25) is 4.79 Å². The molecule has 1 aliphatic heterocycles. The number of carbonyl (C=O) groups excluding carboxylic acids is 1. The Morgan fingerprint density at radius 2 is 2.15 bits per heavy atom. The van der Waals surface area contributed by atoms with Gasteiger partial charge in [-0.15, -0.1) is 0 Å². The minimum absolute atomic E-state index is 0.0591. The largest absolute Gasteiger partial charge is 0.492 e. The molecular formula is C20H17BrF2O4. The van der Waals surface area contributed by atoms with E-state index in [9.17, 15) is 13.6 Å². The van der Waals surface area contributed by atoms with Gasteiger partial charge >= 0.3 is 5.97 Å². The topological polar surface area (TPSA) is 44.8 Å². The summed E-state index contributed by atoms with van der Waals surface area (Å²) in [6.45, 7) is 0.396. The van der Waals surface area contributed by atoms with Crippen molar-refractivity contribution < 1.29 is 27.8 Å². The van der Waals surface area contributed by atoms with Crippen LogP contribution >= 0.6 is 15.9 Å². The summed E-state index contributed by atoms with van der Waals surface area (Å²) < 4.78 is 45.0. The smallest absolute Gasteiger partial charge is 0.306 e. The first kappa shape index (κ1) is 18.2. The van der Waals surface area contributed by atoms with Gasteiger partial charge in [-0.1, -0.05) is 22.0 Å². The highest BCUT2D eigenvalue weighted by Gasteiger charge is 2.32. The third-order valence-corrected chi connectivity index (χ3v) is 5.78. The van der Waals surface area contributed by atoms with Crippen molar-refractivity contribution in [2.75, 3.05) is 13.7 Å². The van der Waals surface area contributed by atoms with Gasteiger partial charge in [-0.25, -0.2) is 8.78 Å². The van der Waals surface area contributed by atoms with Crippen LogP contribution in [-0.2, 0) is 16.0 Å². The molecular weight excluding hydrogens is 422 g/mol. The predicted molar refractivity (Wildman–Crippen MR) is 97.1 cm³/mol. The number of ether oxygens (including phenoxy) is 3. The second-order valence-electron chi connectivity index (χ2n) is 6.68. The number of rotatable bonds is 4. The quantitative estimate of drug-likeness (QED) is 0.506. The molecule has 0 spiro atoms. The molecule has 0 aromatic heterocycles. The number of methoxy groups -OCH3 is 1. The van der Waals surface area contributed by atoms with Gasteiger partial charge in [-0.05, 0) is 30.5 Å². The van der Waals surface area contributed by atoms with Crippen molar-refractivity contribution in [3.63, 3.8) is 0 Å². The molecule has 0 N–H and O–H groups in total. The average molecular weight is 439 g/mol. The fourth-order valence-corrected chi connectivity index (χ4v) is 4.34. The van der Waals surface area contributed by atoms with Crippen molar-refractivity contribution in [3.05, 3.63) is 57.1 Å². The second kappa shape index (κ2) is 7.11. The zero-order chi connectivity index (χ0) is 19.1. The van der Waals surface area contributed by atoms with E-state index in [0.717, 1.165) is 17.2 Å². The molecule has 27 heavy (non-hydrogen) atoms. The highest BCUT2D eigenvalue weighted by atomic mass is 79.9. The van der Waals surface area contributed by atoms with Crippen LogP contribution in [0.25, 0.3) is 0 Å². The third-order valence-electron chi connectivity index (χ3n) is 5.08. The summed E-state index contributed by atoms with van der Waals surface area (Å²) in [6.07, 6.45) is 0.868. The van der Waals surface area contributed by atoms with Crippen LogP contribution < -0.4 is 9.47 Å². The Hall–Kier alpha value is -2.15. The maximum atomic E-state index is 14.3. The van der Waals surface area contributed by atoms with Crippen LogP contribution in [0, 0.1) is 11.6 Å². The van der Waals surface area contributed by atoms with E-state index in [4.69, 9.17) is 14.2 Å². The standard InChI is InChI=1S/C20H17BrF2O4/c1-25-18(24)6-10-9-26-17-7-11(2-3-12(10)17)27-16-5-4-13-14(21)8-15(22)20(23)19(13)16/h2-3,7-8,10,16H,4-6,9H2,1H3/t10?,16-/m1/s1. The highest BCUT2D eigenvalue weighted by molar-refractivity contribution is 9.10. The molecule has 4 nitrogen and oxygen atoms in total. The molecule has 0 saturated heterocycles. The van der Waals surface area contributed by atoms with E-state index in [2.05, 4.69) is 15.9 Å². The van der Waals surface area contributed by atoms with E-state index in [0.29, 0.717) is 35.4 Å². The van der Waals surface area contributed by atoms with Crippen LogP contribution in [0.3, 0.4) is 0 Å². The molecule has 142 valence electrons. The van der Waals surface area contributed by atoms with Crippen molar-refractivity contribution in [2.45, 2.75) is 31.3 Å². The van der Waals surface area contributed by atoms with E-state index in [-0.39, 0.29) is 23.9 Å². The van der Waals surface area contributed by atoms with Gasteiger partial charge in [0, 0.05) is 27.6 Å². The first-order valence-electron chi connectivity index (χ1n) is 8.64. The number of hydrogen-bond donors (Lipinski definition) is 0. The lowest BCUT2D eigenvalue weighted by atomic mass is 9.98. The Morgan fingerprint density at radius 3 is 2.93 bits per heavy atom. The molecule has 0 bridgehead atoms. The average Bonchev–Trinajstić information content (AvgIpc) is 3.24. The maximum Gasteiger partial charge on any atom is 0.306 e. The number of benzene rings is 2. The fraction of sp³-hybridized carbons (Fsp3) is 0.350. The van der Waals surface area contributed by atoms with E-state index < -0.39 is 17.7 Å². The molecule has 0 saturated carbocycles. The summed E-state index contributed by atoms with van der Waals surface area (Å²) in [5.41, 5.74) is 1.93. The maximum absolute atomic E-state index is 14.3. The number of carbonyl (C=O) groups is 1. The van der Waals surface area contributed by atoms with E-state index in [1.165, 1.54) is 7.11 Å². The molecule has 1 aliphatic carbocycles. The number of fused-ring (bicyclic) bond motifs is 2. The van der Waals surface area contributed by atoms with Crippen molar-refractivity contribution in [2.24, 2.45) is 0 Å². The van der Waals surface area contributed by atoms with Crippen LogP contribution in [0.15, 0.2) is 28.7 Å². The SMILES string of the molecule is COC(=O)CC1COc2cc(O[C@@H]3CCc4c(Br)cc(F)c(F)c43)ccc21. The molecule has 2 aromatic rings. The van der Waals surface area contributed by atoms with Gasteiger partial charge < -0.3 is 14.2 Å². The molecule has 7 heteroatoms.